The largest absolute Gasteiger partial charge is 0.378 e. The minimum absolute atomic E-state index is 0.713. The van der Waals surface area contributed by atoms with Gasteiger partial charge in [0.05, 0.1) is 11.4 Å². The SMILES string of the molecule is CC(C)(O)C#Cc1ccc(N=Nc2ccc(C#CC(C)(C)O)cc2)cc1. The van der Waals surface area contributed by atoms with Gasteiger partial charge in [0.25, 0.3) is 0 Å². The average molecular weight is 346 g/mol. The van der Waals surface area contributed by atoms with E-state index in [0.29, 0.717) is 11.4 Å². The van der Waals surface area contributed by atoms with Crippen LogP contribution in [0, 0.1) is 23.7 Å². The monoisotopic (exact) mass is 346 g/mol. The zero-order valence-electron chi connectivity index (χ0n) is 15.4. The molecule has 2 N–H and O–H groups in total. The maximum atomic E-state index is 9.61. The van der Waals surface area contributed by atoms with Crippen LogP contribution in [-0.4, -0.2) is 21.4 Å². The van der Waals surface area contributed by atoms with E-state index in [4.69, 9.17) is 0 Å². The van der Waals surface area contributed by atoms with E-state index in [9.17, 15) is 10.2 Å². The molecule has 0 saturated carbocycles. The van der Waals surface area contributed by atoms with Crippen molar-refractivity contribution in [1.82, 2.24) is 0 Å². The van der Waals surface area contributed by atoms with Gasteiger partial charge in [0.15, 0.2) is 0 Å². The van der Waals surface area contributed by atoms with Crippen molar-refractivity contribution >= 4 is 11.4 Å². The first kappa shape index (κ1) is 19.4. The smallest absolute Gasteiger partial charge is 0.120 e. The van der Waals surface area contributed by atoms with E-state index in [0.717, 1.165) is 11.1 Å². The molecule has 2 aromatic carbocycles. The summed E-state index contributed by atoms with van der Waals surface area (Å²) in [5.74, 6) is 11.4. The summed E-state index contributed by atoms with van der Waals surface area (Å²) in [5.41, 5.74) is 1.01. The van der Waals surface area contributed by atoms with Crippen molar-refractivity contribution in [3.05, 3.63) is 59.7 Å². The van der Waals surface area contributed by atoms with Gasteiger partial charge in [-0.2, -0.15) is 10.2 Å². The number of nitrogens with zero attached hydrogens (tertiary/aromatic N) is 2. The summed E-state index contributed by atoms with van der Waals surface area (Å²) in [4.78, 5) is 0. The fraction of sp³-hybridized carbons (Fsp3) is 0.273. The molecule has 0 unspecified atom stereocenters. The molecule has 132 valence electrons. The normalized spacial score (nSPS) is 11.5. The van der Waals surface area contributed by atoms with Crippen LogP contribution in [0.1, 0.15) is 38.8 Å². The van der Waals surface area contributed by atoms with Gasteiger partial charge in [-0.1, -0.05) is 23.7 Å². The predicted molar refractivity (Wildman–Crippen MR) is 103 cm³/mol. The molecule has 2 aromatic rings. The van der Waals surface area contributed by atoms with Crippen molar-refractivity contribution in [2.75, 3.05) is 0 Å². The Kier molecular flexibility index (Phi) is 5.95. The van der Waals surface area contributed by atoms with Crippen LogP contribution in [0.15, 0.2) is 58.8 Å². The topological polar surface area (TPSA) is 65.2 Å². The Morgan fingerprint density at radius 3 is 1.19 bits per heavy atom. The Morgan fingerprint density at radius 1 is 0.615 bits per heavy atom. The van der Waals surface area contributed by atoms with Gasteiger partial charge in [0.1, 0.15) is 11.2 Å². The van der Waals surface area contributed by atoms with Crippen LogP contribution < -0.4 is 0 Å². The lowest BCUT2D eigenvalue weighted by atomic mass is 10.1. The van der Waals surface area contributed by atoms with E-state index in [-0.39, 0.29) is 0 Å². The molecule has 0 bridgehead atoms. The fourth-order valence-corrected chi connectivity index (χ4v) is 1.79. The molecule has 0 aliphatic rings. The molecule has 2 rings (SSSR count). The summed E-state index contributed by atoms with van der Waals surface area (Å²) in [5, 5.41) is 27.6. The van der Waals surface area contributed by atoms with Crippen LogP contribution in [0.4, 0.5) is 11.4 Å². The molecule has 0 aliphatic carbocycles. The first-order chi connectivity index (χ1) is 12.1. The highest BCUT2D eigenvalue weighted by Crippen LogP contribution is 2.19. The number of aliphatic hydroxyl groups is 2. The van der Waals surface area contributed by atoms with Crippen LogP contribution >= 0.6 is 0 Å². The lowest BCUT2D eigenvalue weighted by molar-refractivity contribution is 0.143. The fourth-order valence-electron chi connectivity index (χ4n) is 1.79. The van der Waals surface area contributed by atoms with E-state index in [1.165, 1.54) is 0 Å². The minimum atomic E-state index is -1.01. The van der Waals surface area contributed by atoms with Crippen molar-refractivity contribution in [2.45, 2.75) is 38.9 Å². The third-order valence-electron chi connectivity index (χ3n) is 3.04. The summed E-state index contributed by atoms with van der Waals surface area (Å²) >= 11 is 0. The van der Waals surface area contributed by atoms with E-state index < -0.39 is 11.2 Å². The molecule has 0 aliphatic heterocycles. The van der Waals surface area contributed by atoms with Gasteiger partial charge in [-0.05, 0) is 76.2 Å². The van der Waals surface area contributed by atoms with Gasteiger partial charge in [-0.15, -0.1) is 0 Å². The third-order valence-corrected chi connectivity index (χ3v) is 3.04. The Morgan fingerprint density at radius 2 is 0.923 bits per heavy atom. The van der Waals surface area contributed by atoms with Crippen LogP contribution in [0.2, 0.25) is 0 Å². The van der Waals surface area contributed by atoms with Crippen molar-refractivity contribution in [3.8, 4) is 23.7 Å². The van der Waals surface area contributed by atoms with Crippen LogP contribution in [0.5, 0.6) is 0 Å². The average Bonchev–Trinajstić information content (AvgIpc) is 2.57. The zero-order valence-corrected chi connectivity index (χ0v) is 15.4. The molecule has 4 heteroatoms. The van der Waals surface area contributed by atoms with Crippen LogP contribution in [-0.2, 0) is 0 Å². The Balaban J connectivity index is 2.05. The molecule has 0 radical (unpaired) electrons. The predicted octanol–water partition coefficient (Wildman–Crippen LogP) is 4.35. The van der Waals surface area contributed by atoms with Crippen molar-refractivity contribution in [2.24, 2.45) is 10.2 Å². The molecule has 0 aromatic heterocycles. The molecule has 26 heavy (non-hydrogen) atoms. The highest BCUT2D eigenvalue weighted by Gasteiger charge is 2.06. The van der Waals surface area contributed by atoms with Gasteiger partial charge in [0.2, 0.25) is 0 Å². The van der Waals surface area contributed by atoms with E-state index in [1.54, 1.807) is 27.7 Å². The first-order valence-electron chi connectivity index (χ1n) is 8.24. The first-order valence-corrected chi connectivity index (χ1v) is 8.24. The Bertz CT molecular complexity index is 813. The summed E-state index contributed by atoms with van der Waals surface area (Å²) < 4.78 is 0. The molecule has 4 nitrogen and oxygen atoms in total. The summed E-state index contributed by atoms with van der Waals surface area (Å²) in [6, 6.07) is 14.6. The van der Waals surface area contributed by atoms with Crippen LogP contribution in [0.25, 0.3) is 0 Å². The van der Waals surface area contributed by atoms with Crippen molar-refractivity contribution < 1.29 is 10.2 Å². The third kappa shape index (κ3) is 7.32. The summed E-state index contributed by atoms with van der Waals surface area (Å²) in [6.07, 6.45) is 0. The lowest BCUT2D eigenvalue weighted by Gasteiger charge is -2.05. The number of rotatable bonds is 2. The van der Waals surface area contributed by atoms with Gasteiger partial charge in [0, 0.05) is 11.1 Å². The molecule has 0 amide bonds. The number of benzene rings is 2. The van der Waals surface area contributed by atoms with Gasteiger partial charge < -0.3 is 10.2 Å². The molecule has 0 spiro atoms. The summed E-state index contributed by atoms with van der Waals surface area (Å²) in [7, 11) is 0. The number of azo groups is 1. The van der Waals surface area contributed by atoms with Gasteiger partial charge in [-0.3, -0.25) is 0 Å². The Labute approximate surface area is 154 Å². The Hall–Kier alpha value is -2.92. The molecule has 0 fully saturated rings. The molecule has 0 atom stereocenters. The zero-order chi connectivity index (χ0) is 19.2. The molecular weight excluding hydrogens is 324 g/mol. The quantitative estimate of drug-likeness (QED) is 0.627. The second-order valence-electron chi connectivity index (χ2n) is 6.91. The maximum absolute atomic E-state index is 9.61. The molecule has 0 saturated heterocycles. The van der Waals surface area contributed by atoms with Crippen LogP contribution in [0.3, 0.4) is 0 Å². The van der Waals surface area contributed by atoms with E-state index in [1.807, 2.05) is 48.5 Å². The standard InChI is InChI=1S/C22H22N2O2/c1-21(2,25)15-13-17-5-9-19(10-6-17)23-24-20-11-7-18(8-12-20)14-16-22(3,4)26/h5-12,25-26H,1-4H3. The lowest BCUT2D eigenvalue weighted by Crippen LogP contribution is -2.14. The number of hydrogen-bond acceptors (Lipinski definition) is 4. The van der Waals surface area contributed by atoms with E-state index in [2.05, 4.69) is 33.9 Å². The molecule has 0 heterocycles. The number of hydrogen-bond donors (Lipinski definition) is 2. The second kappa shape index (κ2) is 7.97. The van der Waals surface area contributed by atoms with Gasteiger partial charge in [-0.25, -0.2) is 0 Å². The maximum Gasteiger partial charge on any atom is 0.120 e. The van der Waals surface area contributed by atoms with Crippen molar-refractivity contribution in [1.29, 1.82) is 0 Å². The van der Waals surface area contributed by atoms with E-state index >= 15 is 0 Å². The van der Waals surface area contributed by atoms with Gasteiger partial charge >= 0.3 is 0 Å². The summed E-state index contributed by atoms with van der Waals surface area (Å²) in [6.45, 7) is 6.57. The highest BCUT2D eigenvalue weighted by molar-refractivity contribution is 5.47. The second-order valence-corrected chi connectivity index (χ2v) is 6.91. The highest BCUT2D eigenvalue weighted by atomic mass is 16.3. The minimum Gasteiger partial charge on any atom is -0.378 e. The molecular formula is C22H22N2O2. The van der Waals surface area contributed by atoms with Crippen molar-refractivity contribution in [3.63, 3.8) is 0 Å².